The minimum absolute atomic E-state index is 0.0263. The first-order valence-corrected chi connectivity index (χ1v) is 20.0. The summed E-state index contributed by atoms with van der Waals surface area (Å²) in [6.07, 6.45) is 10.7. The van der Waals surface area contributed by atoms with Gasteiger partial charge in [0.2, 0.25) is 0 Å². The van der Waals surface area contributed by atoms with E-state index in [9.17, 15) is 13.8 Å². The van der Waals surface area contributed by atoms with E-state index >= 15 is 0 Å². The third kappa shape index (κ3) is 7.43. The van der Waals surface area contributed by atoms with Gasteiger partial charge in [0.15, 0.2) is 0 Å². The number of halogens is 1. The van der Waals surface area contributed by atoms with E-state index in [1.807, 2.05) is 25.1 Å². The Balaban J connectivity index is 1.26. The van der Waals surface area contributed by atoms with Gasteiger partial charge in [-0.3, -0.25) is 9.52 Å². The summed E-state index contributed by atoms with van der Waals surface area (Å²) in [5, 5.41) is 3.62. The van der Waals surface area contributed by atoms with Crippen LogP contribution >= 0.6 is 11.6 Å². The minimum atomic E-state index is -3.48. The van der Waals surface area contributed by atoms with Crippen LogP contribution in [0.4, 0.5) is 10.5 Å². The van der Waals surface area contributed by atoms with Crippen LogP contribution < -0.4 is 19.7 Å². The van der Waals surface area contributed by atoms with Crippen LogP contribution in [0.15, 0.2) is 52.9 Å². The Morgan fingerprint density at radius 2 is 2.06 bits per heavy atom. The number of amides is 3. The number of carbonyl (C=O) groups excluding carboxylic acids is 2. The van der Waals surface area contributed by atoms with Crippen molar-refractivity contribution in [2.75, 3.05) is 51.2 Å². The van der Waals surface area contributed by atoms with Crippen molar-refractivity contribution in [1.29, 1.82) is 0 Å². The number of anilines is 1. The fourth-order valence-electron chi connectivity index (χ4n) is 8.53. The number of allylic oxidation sites excluding steroid dienone is 1. The molecule has 2 aromatic carbocycles. The second kappa shape index (κ2) is 14.5. The lowest BCUT2D eigenvalue weighted by molar-refractivity contribution is 0.0131. The number of aryl methyl sites for hydroxylation is 1. The molecule has 7 rings (SSSR count). The molecular formula is C38H49ClN4O6S. The number of nitrogens with one attached hydrogen (secondary N) is 2. The zero-order valence-electron chi connectivity index (χ0n) is 29.2. The lowest BCUT2D eigenvalue weighted by Gasteiger charge is -2.46. The largest absolute Gasteiger partial charge is 0.490 e. The number of rotatable bonds is 5. The number of urea groups is 1. The molecule has 10 nitrogen and oxygen atoms in total. The van der Waals surface area contributed by atoms with Gasteiger partial charge in [0.25, 0.3) is 5.91 Å². The molecule has 2 N–H and O–H groups in total. The highest BCUT2D eigenvalue weighted by Gasteiger charge is 2.44. The van der Waals surface area contributed by atoms with Crippen LogP contribution in [0.2, 0.25) is 5.02 Å². The first-order valence-electron chi connectivity index (χ1n) is 17.9. The smallest absolute Gasteiger partial charge is 0.327 e. The van der Waals surface area contributed by atoms with Crippen LogP contribution in [-0.2, 0) is 31.2 Å². The van der Waals surface area contributed by atoms with Crippen LogP contribution in [0.25, 0.3) is 0 Å². The molecular weight excluding hydrogens is 676 g/mol. The zero-order valence-corrected chi connectivity index (χ0v) is 30.8. The Hall–Kier alpha value is -3.12. The van der Waals surface area contributed by atoms with Crippen molar-refractivity contribution in [3.8, 4) is 5.75 Å². The molecule has 2 fully saturated rings. The van der Waals surface area contributed by atoms with Crippen molar-refractivity contribution in [3.05, 3.63) is 70.3 Å². The molecule has 270 valence electrons. The van der Waals surface area contributed by atoms with E-state index in [1.54, 1.807) is 20.3 Å². The molecule has 2 heterocycles. The first kappa shape index (κ1) is 35.3. The summed E-state index contributed by atoms with van der Waals surface area (Å²) in [6.45, 7) is 4.52. The molecule has 0 saturated heterocycles. The van der Waals surface area contributed by atoms with Crippen molar-refractivity contribution in [2.24, 2.45) is 28.0 Å². The third-order valence-electron chi connectivity index (χ3n) is 11.4. The molecule has 2 aromatic rings. The summed E-state index contributed by atoms with van der Waals surface area (Å²) in [5.41, 5.74) is 3.43. The number of hydrogen-bond acceptors (Lipinski definition) is 7. The van der Waals surface area contributed by atoms with Crippen molar-refractivity contribution in [2.45, 2.75) is 69.4 Å². The maximum atomic E-state index is 14.4. The van der Waals surface area contributed by atoms with Crippen LogP contribution in [0.5, 0.6) is 5.75 Å². The quantitative estimate of drug-likeness (QED) is 0.347. The molecule has 0 aromatic heterocycles. The Morgan fingerprint density at radius 3 is 2.84 bits per heavy atom. The summed E-state index contributed by atoms with van der Waals surface area (Å²) >= 11 is 6.45. The zero-order chi connectivity index (χ0) is 35.0. The highest BCUT2D eigenvalue weighted by atomic mass is 35.5. The normalized spacial score (nSPS) is 34.2. The summed E-state index contributed by atoms with van der Waals surface area (Å²) in [6, 6.07) is 10.9. The van der Waals surface area contributed by atoms with E-state index in [4.69, 9.17) is 25.8 Å². The van der Waals surface area contributed by atoms with Gasteiger partial charge < -0.3 is 24.4 Å². The van der Waals surface area contributed by atoms with Crippen LogP contribution in [0.1, 0.15) is 66.9 Å². The lowest BCUT2D eigenvalue weighted by Crippen LogP contribution is -2.49. The average Bonchev–Trinajstić information content (AvgIpc) is 3.82. The van der Waals surface area contributed by atoms with Gasteiger partial charge in [0.05, 0.1) is 30.8 Å². The standard InChI is InChI=1S/C38H49ClN4O6S/c1-24-6-4-8-34(48-3)30-12-9-27(30)19-43-22-38(15-5-7-25-16-29(39)11-13-31(25)38)23-49-35-14-10-26(18-33(35)43)36(44)41-50(46,21-24)42-37(45)40-32-17-28(32)20-47-2/h4,8,10-11,13-14,16,18,24,27-28,30,32,34H,5-7,9,12,15,17,19-23H2,1-3H3,(H2,40,41,42,44,45,46)/b8-4-/t24-,27-,28-,30+,32-,34-,38-,50?/m0/s1. The van der Waals surface area contributed by atoms with Gasteiger partial charge in [0, 0.05) is 55.3 Å². The average molecular weight is 725 g/mol. The monoisotopic (exact) mass is 724 g/mol. The number of carbonyl (C=O) groups is 2. The Labute approximate surface area is 300 Å². The molecule has 0 radical (unpaired) electrons. The van der Waals surface area contributed by atoms with Crippen molar-refractivity contribution in [1.82, 2.24) is 10.0 Å². The summed E-state index contributed by atoms with van der Waals surface area (Å²) in [7, 11) is -0.0843. The van der Waals surface area contributed by atoms with Gasteiger partial charge in [-0.25, -0.2) is 9.00 Å². The number of hydrogen-bond donors (Lipinski definition) is 2. The Bertz CT molecular complexity index is 1780. The molecule has 12 heteroatoms. The Morgan fingerprint density at radius 1 is 1.20 bits per heavy atom. The molecule has 5 aliphatic rings. The fourth-order valence-corrected chi connectivity index (χ4v) is 10.6. The molecule has 2 saturated carbocycles. The molecule has 50 heavy (non-hydrogen) atoms. The van der Waals surface area contributed by atoms with Crippen LogP contribution in [0.3, 0.4) is 0 Å². The third-order valence-corrected chi connectivity index (χ3v) is 13.6. The van der Waals surface area contributed by atoms with Gasteiger partial charge in [-0.15, -0.1) is 4.36 Å². The van der Waals surface area contributed by atoms with E-state index in [1.165, 1.54) is 11.1 Å². The van der Waals surface area contributed by atoms with E-state index in [-0.39, 0.29) is 35.1 Å². The molecule has 3 amide bonds. The van der Waals surface area contributed by atoms with Crippen LogP contribution in [-0.4, -0.2) is 74.6 Å². The number of benzene rings is 2. The molecule has 8 atom stereocenters. The van der Waals surface area contributed by atoms with Crippen molar-refractivity contribution in [3.63, 3.8) is 0 Å². The maximum absolute atomic E-state index is 14.4. The van der Waals surface area contributed by atoms with Gasteiger partial charge >= 0.3 is 6.03 Å². The van der Waals surface area contributed by atoms with E-state index in [0.29, 0.717) is 42.8 Å². The van der Waals surface area contributed by atoms with E-state index in [0.717, 1.165) is 62.3 Å². The van der Waals surface area contributed by atoms with Crippen molar-refractivity contribution >= 4 is 39.1 Å². The molecule has 1 unspecified atom stereocenters. The predicted molar refractivity (Wildman–Crippen MR) is 195 cm³/mol. The second-order valence-electron chi connectivity index (χ2n) is 15.1. The number of fused-ring (bicyclic) bond motifs is 4. The molecule has 2 bridgehead atoms. The number of methoxy groups -OCH3 is 2. The fraction of sp³-hybridized carbons (Fsp3) is 0.579. The minimum Gasteiger partial charge on any atom is -0.490 e. The summed E-state index contributed by atoms with van der Waals surface area (Å²) in [5.74, 6) is 0.941. The lowest BCUT2D eigenvalue weighted by atomic mass is 9.68. The second-order valence-corrected chi connectivity index (χ2v) is 17.5. The van der Waals surface area contributed by atoms with Crippen molar-refractivity contribution < 1.29 is 28.0 Å². The van der Waals surface area contributed by atoms with E-state index < -0.39 is 21.9 Å². The number of ether oxygens (including phenoxy) is 3. The highest BCUT2D eigenvalue weighted by Crippen LogP contribution is 2.47. The van der Waals surface area contributed by atoms with Gasteiger partial charge in [-0.05, 0) is 104 Å². The van der Waals surface area contributed by atoms with Gasteiger partial charge in [-0.1, -0.05) is 36.7 Å². The number of nitrogens with zero attached hydrogens (tertiary/aromatic N) is 2. The molecule has 1 spiro atoms. The van der Waals surface area contributed by atoms with E-state index in [2.05, 4.69) is 43.6 Å². The Kier molecular flexibility index (Phi) is 10.2. The van der Waals surface area contributed by atoms with Gasteiger partial charge in [-0.2, -0.15) is 0 Å². The maximum Gasteiger partial charge on any atom is 0.327 e. The molecule has 3 aliphatic carbocycles. The van der Waals surface area contributed by atoms with Crippen LogP contribution in [0, 0.1) is 23.7 Å². The highest BCUT2D eigenvalue weighted by molar-refractivity contribution is 7.92. The molecule has 2 aliphatic heterocycles. The SMILES string of the molecule is COC[C@@H]1C[C@@H]1NC(=O)NS1(=O)=NC(=O)c2ccc3c(c2)N(C[C@@H]2CC[C@H]2[C@@H](OC)/C=C\C[C@H](C)C1)C[C@@]1(CCCc2cc(Cl)ccc21)CO3. The van der Waals surface area contributed by atoms with Gasteiger partial charge in [0.1, 0.15) is 15.7 Å². The summed E-state index contributed by atoms with van der Waals surface area (Å²) in [4.78, 5) is 29.4. The predicted octanol–water partition coefficient (Wildman–Crippen LogP) is 6.31. The summed E-state index contributed by atoms with van der Waals surface area (Å²) < 4.78 is 39.2. The topological polar surface area (TPSA) is 119 Å². The first-order chi connectivity index (χ1) is 24.1.